The number of rotatable bonds is 3. The highest BCUT2D eigenvalue weighted by atomic mass is 35.5. The lowest BCUT2D eigenvalue weighted by molar-refractivity contribution is 0.672. The lowest BCUT2D eigenvalue weighted by Gasteiger charge is -2.08. The van der Waals surface area contributed by atoms with E-state index in [4.69, 9.17) is 11.6 Å². The molecule has 0 radical (unpaired) electrons. The Labute approximate surface area is 102 Å². The Balaban J connectivity index is 2.43. The second-order valence-electron chi connectivity index (χ2n) is 3.20. The maximum Gasteiger partial charge on any atom is 0.255 e. The van der Waals surface area contributed by atoms with Crippen molar-refractivity contribution >= 4 is 22.9 Å². The Morgan fingerprint density at radius 2 is 2.38 bits per heavy atom. The van der Waals surface area contributed by atoms with Crippen LogP contribution >= 0.6 is 22.9 Å². The van der Waals surface area contributed by atoms with Crippen LogP contribution < -0.4 is 5.56 Å². The third-order valence-corrected chi connectivity index (χ3v) is 3.11. The summed E-state index contributed by atoms with van der Waals surface area (Å²) in [5, 5.41) is 3.02. The molecule has 16 heavy (non-hydrogen) atoms. The highest BCUT2D eigenvalue weighted by Crippen LogP contribution is 2.08. The number of nitrogens with zero attached hydrogens (tertiary/aromatic N) is 3. The molecule has 0 aliphatic carbocycles. The maximum atomic E-state index is 11.8. The summed E-state index contributed by atoms with van der Waals surface area (Å²) in [5.74, 6) is 0.688. The molecule has 2 aromatic rings. The Bertz CT molecular complexity index is 535. The summed E-state index contributed by atoms with van der Waals surface area (Å²) in [7, 11) is 0. The molecule has 2 aromatic heterocycles. The van der Waals surface area contributed by atoms with Gasteiger partial charge in [0, 0.05) is 24.1 Å². The molecule has 0 aromatic carbocycles. The minimum absolute atomic E-state index is 0.132. The van der Waals surface area contributed by atoms with Crippen LogP contribution in [0.25, 0.3) is 0 Å². The van der Waals surface area contributed by atoms with E-state index >= 15 is 0 Å². The number of aromatic nitrogens is 3. The zero-order valence-electron chi connectivity index (χ0n) is 8.68. The molecule has 0 aliphatic rings. The molecule has 0 saturated carbocycles. The van der Waals surface area contributed by atoms with Crippen molar-refractivity contribution in [2.45, 2.75) is 19.9 Å². The smallest absolute Gasteiger partial charge is 0.255 e. The molecular weight excluding hydrogens is 246 g/mol. The molecule has 6 heteroatoms. The van der Waals surface area contributed by atoms with Gasteiger partial charge in [-0.2, -0.15) is 0 Å². The zero-order chi connectivity index (χ0) is 11.5. The molecule has 0 bridgehead atoms. The highest BCUT2D eigenvalue weighted by molar-refractivity contribution is 7.09. The number of thiazole rings is 1. The van der Waals surface area contributed by atoms with Gasteiger partial charge < -0.3 is 0 Å². The quantitative estimate of drug-likeness (QED) is 0.788. The molecule has 2 rings (SSSR count). The van der Waals surface area contributed by atoms with Crippen molar-refractivity contribution < 1.29 is 0 Å². The number of hydrogen-bond donors (Lipinski definition) is 0. The van der Waals surface area contributed by atoms with Crippen LogP contribution in [-0.4, -0.2) is 14.5 Å². The van der Waals surface area contributed by atoms with E-state index in [2.05, 4.69) is 9.97 Å². The minimum Gasteiger partial charge on any atom is -0.290 e. The van der Waals surface area contributed by atoms with Crippen molar-refractivity contribution in [3.63, 3.8) is 0 Å². The van der Waals surface area contributed by atoms with Crippen molar-refractivity contribution in [2.24, 2.45) is 0 Å². The van der Waals surface area contributed by atoms with Gasteiger partial charge in [0.15, 0.2) is 0 Å². The molecule has 4 nitrogen and oxygen atoms in total. The minimum atomic E-state index is -0.132. The average Bonchev–Trinajstić information content (AvgIpc) is 2.74. The van der Waals surface area contributed by atoms with Gasteiger partial charge in [0.25, 0.3) is 5.56 Å². The van der Waals surface area contributed by atoms with Crippen LogP contribution in [0.15, 0.2) is 22.4 Å². The van der Waals surface area contributed by atoms with Gasteiger partial charge in [0.2, 0.25) is 0 Å². The van der Waals surface area contributed by atoms with Gasteiger partial charge in [0.05, 0.1) is 6.54 Å². The maximum absolute atomic E-state index is 11.8. The summed E-state index contributed by atoms with van der Waals surface area (Å²) in [6.45, 7) is 2.40. The van der Waals surface area contributed by atoms with E-state index in [0.29, 0.717) is 18.8 Å². The Morgan fingerprint density at radius 1 is 1.56 bits per heavy atom. The lowest BCUT2D eigenvalue weighted by Crippen LogP contribution is -2.24. The first-order valence-corrected chi connectivity index (χ1v) is 6.11. The van der Waals surface area contributed by atoms with Gasteiger partial charge in [-0.15, -0.1) is 11.3 Å². The van der Waals surface area contributed by atoms with Crippen molar-refractivity contribution in [1.82, 2.24) is 14.5 Å². The molecular formula is C10H10ClN3OS. The van der Waals surface area contributed by atoms with Crippen LogP contribution in [0.3, 0.4) is 0 Å². The first kappa shape index (κ1) is 11.3. The molecule has 0 N–H and O–H groups in total. The van der Waals surface area contributed by atoms with Crippen LogP contribution in [0.2, 0.25) is 5.15 Å². The molecule has 0 spiro atoms. The fourth-order valence-electron chi connectivity index (χ4n) is 1.43. The van der Waals surface area contributed by atoms with Crippen molar-refractivity contribution in [1.29, 1.82) is 0 Å². The van der Waals surface area contributed by atoms with Gasteiger partial charge in [-0.05, 0) is 0 Å². The summed E-state index contributed by atoms with van der Waals surface area (Å²) < 4.78 is 1.60. The fraction of sp³-hybridized carbons (Fsp3) is 0.300. The van der Waals surface area contributed by atoms with Crippen LogP contribution in [0.5, 0.6) is 0 Å². The SMILES string of the molecule is CCc1nc(Cl)cc(=O)n1Cc1nccs1. The molecule has 0 aliphatic heterocycles. The van der Waals surface area contributed by atoms with E-state index in [9.17, 15) is 4.79 Å². The number of aryl methyl sites for hydroxylation is 1. The molecule has 0 atom stereocenters. The normalized spacial score (nSPS) is 10.6. The van der Waals surface area contributed by atoms with Gasteiger partial charge in [-0.3, -0.25) is 9.36 Å². The molecule has 0 saturated heterocycles. The molecule has 0 amide bonds. The van der Waals surface area contributed by atoms with Crippen molar-refractivity contribution in [2.75, 3.05) is 0 Å². The Kier molecular flexibility index (Phi) is 3.36. The lowest BCUT2D eigenvalue weighted by atomic mass is 10.4. The van der Waals surface area contributed by atoms with Crippen molar-refractivity contribution in [3.05, 3.63) is 44.0 Å². The molecule has 0 fully saturated rings. The monoisotopic (exact) mass is 255 g/mol. The zero-order valence-corrected chi connectivity index (χ0v) is 10.3. The van der Waals surface area contributed by atoms with E-state index in [1.54, 1.807) is 10.8 Å². The van der Waals surface area contributed by atoms with Crippen LogP contribution in [0.4, 0.5) is 0 Å². The summed E-state index contributed by atoms with van der Waals surface area (Å²) in [6, 6.07) is 1.33. The third-order valence-electron chi connectivity index (χ3n) is 2.15. The van der Waals surface area contributed by atoms with E-state index in [-0.39, 0.29) is 10.7 Å². The largest absolute Gasteiger partial charge is 0.290 e. The summed E-state index contributed by atoms with van der Waals surface area (Å²) in [6.07, 6.45) is 2.39. The Morgan fingerprint density at radius 3 is 3.00 bits per heavy atom. The second-order valence-corrected chi connectivity index (χ2v) is 4.57. The third kappa shape index (κ3) is 2.31. The average molecular weight is 256 g/mol. The van der Waals surface area contributed by atoms with Gasteiger partial charge in [-0.1, -0.05) is 18.5 Å². The predicted molar refractivity (Wildman–Crippen MR) is 64.1 cm³/mol. The first-order chi connectivity index (χ1) is 7.70. The summed E-state index contributed by atoms with van der Waals surface area (Å²) in [4.78, 5) is 20.0. The standard InChI is InChI=1S/C10H10ClN3OS/c1-2-8-13-7(11)5-10(15)14(8)6-9-12-3-4-16-9/h3-5H,2,6H2,1H3. The van der Waals surface area contributed by atoms with E-state index in [0.717, 1.165) is 5.01 Å². The van der Waals surface area contributed by atoms with Crippen molar-refractivity contribution in [3.8, 4) is 0 Å². The van der Waals surface area contributed by atoms with Crippen LogP contribution in [0.1, 0.15) is 17.8 Å². The van der Waals surface area contributed by atoms with Crippen LogP contribution in [-0.2, 0) is 13.0 Å². The van der Waals surface area contributed by atoms with E-state index in [1.165, 1.54) is 17.4 Å². The molecule has 84 valence electrons. The summed E-state index contributed by atoms with van der Waals surface area (Å²) in [5.41, 5.74) is -0.132. The predicted octanol–water partition coefficient (Wildman–Crippen LogP) is 1.96. The number of halogens is 1. The Hall–Kier alpha value is -1.20. The van der Waals surface area contributed by atoms with Gasteiger partial charge in [-0.25, -0.2) is 9.97 Å². The molecule has 0 unspecified atom stereocenters. The van der Waals surface area contributed by atoms with E-state index < -0.39 is 0 Å². The topological polar surface area (TPSA) is 47.8 Å². The van der Waals surface area contributed by atoms with Gasteiger partial charge in [0.1, 0.15) is 16.0 Å². The van der Waals surface area contributed by atoms with Crippen LogP contribution in [0, 0.1) is 0 Å². The van der Waals surface area contributed by atoms with Gasteiger partial charge >= 0.3 is 0 Å². The first-order valence-electron chi connectivity index (χ1n) is 4.85. The fourth-order valence-corrected chi connectivity index (χ4v) is 2.22. The number of hydrogen-bond acceptors (Lipinski definition) is 4. The summed E-state index contributed by atoms with van der Waals surface area (Å²) >= 11 is 7.26. The second kappa shape index (κ2) is 4.76. The highest BCUT2D eigenvalue weighted by Gasteiger charge is 2.07. The molecule has 2 heterocycles. The van der Waals surface area contributed by atoms with E-state index in [1.807, 2.05) is 12.3 Å².